The van der Waals surface area contributed by atoms with Crippen molar-refractivity contribution < 1.29 is 27.5 Å². The smallest absolute Gasteiger partial charge is 0.416 e. The van der Waals surface area contributed by atoms with Crippen molar-refractivity contribution >= 4 is 29.2 Å². The zero-order chi connectivity index (χ0) is 33.2. The Kier molecular flexibility index (Phi) is 9.36. The highest BCUT2D eigenvalue weighted by molar-refractivity contribution is 6.05. The molecular weight excluding hydrogens is 599 g/mol. The number of hydrogen-bond acceptors (Lipinski definition) is 7. The molecule has 2 N–H and O–H groups in total. The van der Waals surface area contributed by atoms with E-state index in [1.54, 1.807) is 63.4 Å². The topological polar surface area (TPSA) is 104 Å². The highest BCUT2D eigenvalue weighted by Crippen LogP contribution is 2.33. The molecule has 0 saturated carbocycles. The fourth-order valence-corrected chi connectivity index (χ4v) is 5.28. The molecule has 13 heteroatoms. The van der Waals surface area contributed by atoms with Gasteiger partial charge in [0.2, 0.25) is 0 Å². The van der Waals surface area contributed by atoms with Crippen molar-refractivity contribution in [2.45, 2.75) is 52.9 Å². The third-order valence-corrected chi connectivity index (χ3v) is 7.62. The number of nitrogens with zero attached hydrogens (tertiary/aromatic N) is 5. The lowest BCUT2D eigenvalue weighted by atomic mass is 10.0. The average Bonchev–Trinajstić information content (AvgIpc) is 3.37. The van der Waals surface area contributed by atoms with Gasteiger partial charge in [-0.1, -0.05) is 13.0 Å². The molecule has 5 rings (SSSR count). The number of nitrogens with one attached hydrogen (secondary N) is 2. The molecule has 46 heavy (non-hydrogen) atoms. The van der Waals surface area contributed by atoms with Crippen molar-refractivity contribution in [2.24, 2.45) is 0 Å². The van der Waals surface area contributed by atoms with Gasteiger partial charge in [0.1, 0.15) is 5.60 Å². The van der Waals surface area contributed by atoms with Crippen molar-refractivity contribution in [2.75, 3.05) is 43.4 Å². The van der Waals surface area contributed by atoms with Crippen molar-refractivity contribution in [1.29, 1.82) is 0 Å². The van der Waals surface area contributed by atoms with Crippen LogP contribution in [0.4, 0.5) is 29.5 Å². The summed E-state index contributed by atoms with van der Waals surface area (Å²) in [4.78, 5) is 34.3. The fourth-order valence-electron chi connectivity index (χ4n) is 5.28. The fraction of sp³-hybridized carbons (Fsp3) is 0.394. The molecule has 0 aliphatic carbocycles. The van der Waals surface area contributed by atoms with E-state index < -0.39 is 29.3 Å². The second-order valence-electron chi connectivity index (χ2n) is 12.4. The molecule has 0 bridgehead atoms. The van der Waals surface area contributed by atoms with Gasteiger partial charge in [0.25, 0.3) is 5.91 Å². The zero-order valence-electron chi connectivity index (χ0n) is 26.5. The number of ether oxygens (including phenoxy) is 1. The van der Waals surface area contributed by atoms with Crippen LogP contribution in [0.2, 0.25) is 0 Å². The number of likely N-dealkylation sites (N-methyl/N-ethyl adjacent to an activating group) is 1. The maximum Gasteiger partial charge on any atom is 0.416 e. The third-order valence-electron chi connectivity index (χ3n) is 7.62. The van der Waals surface area contributed by atoms with Gasteiger partial charge in [-0.2, -0.15) is 18.3 Å². The molecule has 2 aromatic carbocycles. The maximum absolute atomic E-state index is 13.8. The number of hydrogen-bond donors (Lipinski definition) is 2. The number of halogens is 3. The number of imidazole rings is 1. The number of rotatable bonds is 7. The molecule has 1 aliphatic heterocycles. The summed E-state index contributed by atoms with van der Waals surface area (Å²) in [5.41, 5.74) is 1.84. The van der Waals surface area contributed by atoms with Crippen LogP contribution in [0, 0.1) is 6.92 Å². The van der Waals surface area contributed by atoms with Gasteiger partial charge in [-0.05, 0) is 87.8 Å². The number of piperazine rings is 1. The van der Waals surface area contributed by atoms with Crippen LogP contribution in [0.25, 0.3) is 16.9 Å². The number of benzene rings is 2. The summed E-state index contributed by atoms with van der Waals surface area (Å²) in [6.45, 7) is 13.8. The highest BCUT2D eigenvalue weighted by atomic mass is 19.4. The van der Waals surface area contributed by atoms with Crippen molar-refractivity contribution in [3.63, 3.8) is 0 Å². The van der Waals surface area contributed by atoms with Crippen molar-refractivity contribution in [3.8, 4) is 11.3 Å². The molecule has 0 atom stereocenters. The van der Waals surface area contributed by atoms with E-state index >= 15 is 0 Å². The second-order valence-corrected chi connectivity index (χ2v) is 12.4. The van der Waals surface area contributed by atoms with E-state index in [0.29, 0.717) is 29.0 Å². The van der Waals surface area contributed by atoms with Crippen LogP contribution in [0.5, 0.6) is 0 Å². The summed E-state index contributed by atoms with van der Waals surface area (Å²) in [6, 6.07) is 12.2. The first-order valence-corrected chi connectivity index (χ1v) is 15.1. The third kappa shape index (κ3) is 8.20. The Morgan fingerprint density at radius 1 is 0.935 bits per heavy atom. The number of anilines is 2. The number of fused-ring (bicyclic) bond motifs is 1. The lowest BCUT2D eigenvalue weighted by Gasteiger charge is -2.34. The monoisotopic (exact) mass is 637 g/mol. The van der Waals surface area contributed by atoms with E-state index in [-0.39, 0.29) is 17.1 Å². The average molecular weight is 638 g/mol. The first-order chi connectivity index (χ1) is 21.7. The molecule has 0 radical (unpaired) electrons. The normalized spacial score (nSPS) is 14.8. The molecule has 2 amide bonds. The minimum absolute atomic E-state index is 0.0760. The Hall–Kier alpha value is -4.49. The number of carbonyl (C=O) groups is 2. The molecule has 244 valence electrons. The van der Waals surface area contributed by atoms with Crippen LogP contribution in [-0.4, -0.2) is 74.7 Å². The van der Waals surface area contributed by atoms with Gasteiger partial charge in [-0.3, -0.25) is 15.0 Å². The van der Waals surface area contributed by atoms with E-state index in [9.17, 15) is 22.8 Å². The molecule has 3 heterocycles. The Labute approximate surface area is 265 Å². The Morgan fingerprint density at radius 2 is 1.65 bits per heavy atom. The summed E-state index contributed by atoms with van der Waals surface area (Å²) < 4.78 is 48.3. The van der Waals surface area contributed by atoms with Gasteiger partial charge in [-0.15, -0.1) is 0 Å². The van der Waals surface area contributed by atoms with Crippen LogP contribution in [0.3, 0.4) is 0 Å². The number of aromatic nitrogens is 3. The summed E-state index contributed by atoms with van der Waals surface area (Å²) in [5, 5.41) is 9.87. The van der Waals surface area contributed by atoms with E-state index in [1.165, 1.54) is 4.52 Å². The Balaban J connectivity index is 1.35. The molecule has 1 saturated heterocycles. The van der Waals surface area contributed by atoms with Crippen LogP contribution >= 0.6 is 0 Å². The van der Waals surface area contributed by atoms with Crippen molar-refractivity contribution in [3.05, 3.63) is 77.0 Å². The van der Waals surface area contributed by atoms with E-state index in [1.807, 2.05) is 6.92 Å². The molecule has 1 aliphatic rings. The summed E-state index contributed by atoms with van der Waals surface area (Å²) in [7, 11) is 0. The molecule has 0 spiro atoms. The molecule has 10 nitrogen and oxygen atoms in total. The maximum atomic E-state index is 13.8. The quantitative estimate of drug-likeness (QED) is 0.240. The Morgan fingerprint density at radius 3 is 2.33 bits per heavy atom. The first kappa shape index (κ1) is 32.9. The molecular formula is C33H38F3N7O3. The first-order valence-electron chi connectivity index (χ1n) is 15.1. The number of alkyl halides is 3. The van der Waals surface area contributed by atoms with E-state index in [2.05, 4.69) is 37.4 Å². The van der Waals surface area contributed by atoms with Crippen LogP contribution in [-0.2, 0) is 17.5 Å². The van der Waals surface area contributed by atoms with Gasteiger partial charge in [0.05, 0.1) is 17.5 Å². The van der Waals surface area contributed by atoms with E-state index in [4.69, 9.17) is 4.74 Å². The zero-order valence-corrected chi connectivity index (χ0v) is 26.5. The summed E-state index contributed by atoms with van der Waals surface area (Å²) >= 11 is 0. The van der Waals surface area contributed by atoms with Crippen molar-refractivity contribution in [1.82, 2.24) is 24.4 Å². The SMILES string of the molecule is CCN1CCN(Cc2cc(NC(=O)c3ccc(C)c(-c4ccc5nc(NC(=O)OC(C)(C)C)cn5n4)c3)cc(C(F)(F)F)c2)CC1. The van der Waals surface area contributed by atoms with Gasteiger partial charge in [0, 0.05) is 49.5 Å². The number of amides is 2. The lowest BCUT2D eigenvalue weighted by Crippen LogP contribution is -2.45. The van der Waals surface area contributed by atoms with Gasteiger partial charge in [0.15, 0.2) is 11.5 Å². The largest absolute Gasteiger partial charge is 0.444 e. The highest BCUT2D eigenvalue weighted by Gasteiger charge is 2.32. The van der Waals surface area contributed by atoms with Crippen LogP contribution in [0.15, 0.2) is 54.7 Å². The van der Waals surface area contributed by atoms with Crippen LogP contribution < -0.4 is 10.6 Å². The van der Waals surface area contributed by atoms with Crippen LogP contribution in [0.1, 0.15) is 54.7 Å². The lowest BCUT2D eigenvalue weighted by molar-refractivity contribution is -0.137. The molecule has 4 aromatic rings. The molecule has 2 aromatic heterocycles. The molecule has 0 unspecified atom stereocenters. The predicted molar refractivity (Wildman–Crippen MR) is 170 cm³/mol. The standard InChI is InChI=1S/C33H38F3N7O3/c1-6-41-11-13-42(14-12-41)19-22-15-24(33(34,35)36)18-25(16-22)37-30(44)23-8-7-21(2)26(17-23)27-9-10-29-38-28(20-43(29)40-27)39-31(45)46-32(3,4)5/h7-10,15-18,20H,6,11-14,19H2,1-5H3,(H,37,44)(H,39,45). The summed E-state index contributed by atoms with van der Waals surface area (Å²) in [6.07, 6.45) is -3.66. The number of aryl methyl sites for hydroxylation is 1. The predicted octanol–water partition coefficient (Wildman–Crippen LogP) is 6.46. The summed E-state index contributed by atoms with van der Waals surface area (Å²) in [5.74, 6) is -0.289. The van der Waals surface area contributed by atoms with E-state index in [0.717, 1.165) is 50.4 Å². The minimum Gasteiger partial charge on any atom is -0.444 e. The van der Waals surface area contributed by atoms with Gasteiger partial charge < -0.3 is 15.0 Å². The van der Waals surface area contributed by atoms with Gasteiger partial charge >= 0.3 is 12.3 Å². The Bertz CT molecular complexity index is 1740. The number of carbonyl (C=O) groups excluding carboxylic acids is 2. The second kappa shape index (κ2) is 13.1. The molecule has 1 fully saturated rings. The minimum atomic E-state index is -4.56. The van der Waals surface area contributed by atoms with Gasteiger partial charge in [-0.25, -0.2) is 14.3 Å².